The molecule has 44 heavy (non-hydrogen) atoms. The Balaban J connectivity index is 0.000000199. The van der Waals surface area contributed by atoms with Gasteiger partial charge in [-0.1, -0.05) is 23.8 Å². The molecule has 1 aliphatic heterocycles. The van der Waals surface area contributed by atoms with E-state index in [9.17, 15) is 22.8 Å². The number of halogens is 3. The molecule has 0 spiro atoms. The number of amides is 2. The summed E-state index contributed by atoms with van der Waals surface area (Å²) in [5.41, 5.74) is 11.6. The minimum atomic E-state index is -4.33. The smallest absolute Gasteiger partial charge is 0.699 e. The molecule has 6 rings (SSSR count). The van der Waals surface area contributed by atoms with Crippen molar-refractivity contribution in [2.24, 2.45) is 5.92 Å². The van der Waals surface area contributed by atoms with E-state index in [1.165, 1.54) is 6.92 Å². The van der Waals surface area contributed by atoms with E-state index < -0.39 is 11.7 Å². The van der Waals surface area contributed by atoms with Crippen molar-refractivity contribution in [3.63, 3.8) is 0 Å². The van der Waals surface area contributed by atoms with Gasteiger partial charge in [0.15, 0.2) is 11.5 Å². The number of nitrogens with zero attached hydrogens (tertiary/aromatic N) is 5. The van der Waals surface area contributed by atoms with Crippen LogP contribution in [0.1, 0.15) is 36.5 Å². The van der Waals surface area contributed by atoms with Crippen molar-refractivity contribution < 1.29 is 43.8 Å². The van der Waals surface area contributed by atoms with Crippen LogP contribution in [0.5, 0.6) is 0 Å². The third-order valence-electron chi connectivity index (χ3n) is 7.43. The number of fused-ring (bicyclic) bond motifs is 1. The third-order valence-corrected chi connectivity index (χ3v) is 7.43. The molecule has 13 heteroatoms. The number of anilines is 1. The van der Waals surface area contributed by atoms with Gasteiger partial charge < -0.3 is 20.9 Å². The van der Waals surface area contributed by atoms with Crippen LogP contribution in [0.4, 0.5) is 24.7 Å². The summed E-state index contributed by atoms with van der Waals surface area (Å²) in [6, 6.07) is 15.5. The number of imidazole rings is 1. The van der Waals surface area contributed by atoms with E-state index >= 15 is 0 Å². The van der Waals surface area contributed by atoms with Gasteiger partial charge in [-0.05, 0) is 44.0 Å². The Labute approximate surface area is 267 Å². The Morgan fingerprint density at radius 2 is 1.80 bits per heavy atom. The summed E-state index contributed by atoms with van der Waals surface area (Å²) in [6.45, 7) is 6.57. The van der Waals surface area contributed by atoms with Gasteiger partial charge in [-0.15, -0.1) is 11.3 Å². The molecule has 2 aromatic heterocycles. The average Bonchev–Trinajstić information content (AvgIpc) is 3.75. The summed E-state index contributed by atoms with van der Waals surface area (Å²) in [5, 5.41) is 7.39. The molecule has 0 atom stereocenters. The molecule has 4 aromatic rings. The van der Waals surface area contributed by atoms with E-state index in [-0.39, 0.29) is 38.8 Å². The summed E-state index contributed by atoms with van der Waals surface area (Å²) in [7, 11) is 0. The van der Waals surface area contributed by atoms with Gasteiger partial charge in [-0.2, -0.15) is 42.5 Å². The summed E-state index contributed by atoms with van der Waals surface area (Å²) in [5.74, 6) is 0.742. The number of carbonyl (C=O) groups excluding carboxylic acids is 2. The van der Waals surface area contributed by atoms with Gasteiger partial charge in [0.2, 0.25) is 11.8 Å². The minimum absolute atomic E-state index is 0. The summed E-state index contributed by atoms with van der Waals surface area (Å²) < 4.78 is 39.5. The molecule has 2 N–H and O–H groups in total. The average molecular weight is 775 g/mol. The Hall–Kier alpha value is -3.76. The van der Waals surface area contributed by atoms with E-state index in [0.717, 1.165) is 41.8 Å². The molecule has 2 amide bonds. The molecule has 1 saturated heterocycles. The molecule has 2 aliphatic rings. The van der Waals surface area contributed by atoms with Crippen LogP contribution < -0.4 is 5.32 Å². The number of aromatic nitrogens is 3. The van der Waals surface area contributed by atoms with Gasteiger partial charge in [-0.3, -0.25) is 9.59 Å². The SMILES string of the molecule is CC(=O)N1CCN(Cc2c[c-]cc(C(F)(F)F)c2)CC1.Cc1ccc([NH-])cc1-c1ccc2nc(NC(=O)C3CC3)cn2n1.[W+2]. The van der Waals surface area contributed by atoms with Crippen molar-refractivity contribution in [3.05, 3.63) is 83.2 Å². The maximum Gasteiger partial charge on any atom is 2.00 e. The first kappa shape index (κ1) is 33.1. The van der Waals surface area contributed by atoms with Crippen LogP contribution in [0.3, 0.4) is 0 Å². The van der Waals surface area contributed by atoms with Crippen molar-refractivity contribution in [1.29, 1.82) is 0 Å². The molecule has 3 heterocycles. The second-order valence-electron chi connectivity index (χ2n) is 10.9. The van der Waals surface area contributed by atoms with Crippen LogP contribution in [-0.2, 0) is 43.4 Å². The van der Waals surface area contributed by atoms with Gasteiger partial charge in [0, 0.05) is 44.6 Å². The maximum atomic E-state index is 12.6. The number of carbonyl (C=O) groups is 2. The number of nitrogens with one attached hydrogen (secondary N) is 2. The molecule has 0 bridgehead atoms. The molecule has 1 saturated carbocycles. The number of piperazine rings is 1. The zero-order valence-corrected chi connectivity index (χ0v) is 27.3. The number of hydrogen-bond acceptors (Lipinski definition) is 5. The number of rotatable bonds is 5. The van der Waals surface area contributed by atoms with E-state index in [1.807, 2.05) is 30.0 Å². The number of hydrogen-bond donors (Lipinski definition) is 1. The van der Waals surface area contributed by atoms with E-state index in [4.69, 9.17) is 5.73 Å². The van der Waals surface area contributed by atoms with E-state index in [1.54, 1.807) is 33.8 Å². The molecular weight excluding hydrogens is 743 g/mol. The van der Waals surface area contributed by atoms with E-state index in [0.29, 0.717) is 55.4 Å². The van der Waals surface area contributed by atoms with E-state index in [2.05, 4.69) is 21.5 Å². The second kappa shape index (κ2) is 13.9. The molecule has 0 unspecified atom stereocenters. The molecule has 1 aliphatic carbocycles. The van der Waals surface area contributed by atoms with Gasteiger partial charge >= 0.3 is 27.2 Å². The fourth-order valence-electron chi connectivity index (χ4n) is 4.81. The molecule has 2 fully saturated rings. The monoisotopic (exact) mass is 775 g/mol. The minimum Gasteiger partial charge on any atom is -0.699 e. The Kier molecular flexibility index (Phi) is 10.5. The van der Waals surface area contributed by atoms with Crippen molar-refractivity contribution in [2.45, 2.75) is 39.4 Å². The van der Waals surface area contributed by atoms with Crippen molar-refractivity contribution in [3.8, 4) is 11.3 Å². The first-order valence-electron chi connectivity index (χ1n) is 14.0. The quantitative estimate of drug-likeness (QED) is 0.254. The largest absolute Gasteiger partial charge is 2.00 e. The fraction of sp³-hybridized carbons (Fsp3) is 0.355. The van der Waals surface area contributed by atoms with Gasteiger partial charge in [0.25, 0.3) is 0 Å². The van der Waals surface area contributed by atoms with Crippen molar-refractivity contribution in [1.82, 2.24) is 24.4 Å². The van der Waals surface area contributed by atoms with Crippen LogP contribution in [0.25, 0.3) is 22.6 Å². The zero-order chi connectivity index (χ0) is 30.7. The zero-order valence-electron chi connectivity index (χ0n) is 24.3. The van der Waals surface area contributed by atoms with Crippen LogP contribution in [-0.4, -0.2) is 62.4 Å². The fourth-order valence-corrected chi connectivity index (χ4v) is 4.81. The van der Waals surface area contributed by atoms with Crippen LogP contribution in [0, 0.1) is 18.9 Å². The van der Waals surface area contributed by atoms with Crippen LogP contribution in [0.15, 0.2) is 54.7 Å². The molecule has 0 radical (unpaired) electrons. The number of alkyl halides is 3. The Morgan fingerprint density at radius 1 is 1.07 bits per heavy atom. The molecule has 2 aromatic carbocycles. The standard InChI is InChI=1S/C17H16N5O.C14H16F3N2O.W/c1-10-2-5-12(18)8-13(10)14-6-7-16-19-15(9-22(16)21-14)20-17(23)11-3-4-11;1-11(20)19-7-5-18(6-8-19)10-12-3-2-4-13(9-12)14(15,16)17;/h2,5-9,11,18H,3-4H2,1H3,(H,20,23);3-4,9H,5-8,10H2,1H3;/q2*-1;+2. The normalized spacial score (nSPS) is 15.2. The second-order valence-corrected chi connectivity index (χ2v) is 10.9. The van der Waals surface area contributed by atoms with Gasteiger partial charge in [0.05, 0.1) is 11.9 Å². The predicted octanol–water partition coefficient (Wildman–Crippen LogP) is 5.90. The van der Waals surface area contributed by atoms with Crippen molar-refractivity contribution >= 4 is 29.0 Å². The topological polar surface area (TPSA) is 107 Å². The molecule has 9 nitrogen and oxygen atoms in total. The Bertz CT molecular complexity index is 1630. The van der Waals surface area contributed by atoms with Crippen LogP contribution >= 0.6 is 0 Å². The maximum absolute atomic E-state index is 12.6. The van der Waals surface area contributed by atoms with Gasteiger partial charge in [-0.25, -0.2) is 9.50 Å². The summed E-state index contributed by atoms with van der Waals surface area (Å²) >= 11 is 0. The van der Waals surface area contributed by atoms with Crippen LogP contribution in [0.2, 0.25) is 0 Å². The number of aryl methyl sites for hydroxylation is 1. The summed E-state index contributed by atoms with van der Waals surface area (Å²) in [4.78, 5) is 31.2. The molecular formula is C31H32F3N7O2W. The molecule has 230 valence electrons. The number of benzene rings is 2. The van der Waals surface area contributed by atoms with Gasteiger partial charge in [0.1, 0.15) is 0 Å². The Morgan fingerprint density at radius 3 is 2.45 bits per heavy atom. The third kappa shape index (κ3) is 8.45. The summed E-state index contributed by atoms with van der Waals surface area (Å²) in [6.07, 6.45) is -0.687. The first-order chi connectivity index (χ1) is 20.5. The van der Waals surface area contributed by atoms with Crippen molar-refractivity contribution in [2.75, 3.05) is 31.5 Å². The first-order valence-corrected chi connectivity index (χ1v) is 14.0. The predicted molar refractivity (Wildman–Crippen MR) is 156 cm³/mol.